The molecule has 3 N–H and O–H groups in total. The molecule has 3 amide bonds. The van der Waals surface area contributed by atoms with E-state index in [2.05, 4.69) is 20.9 Å². The number of carbonyl (C=O) groups is 4. The van der Waals surface area contributed by atoms with Gasteiger partial charge in [-0.05, 0) is 50.1 Å². The van der Waals surface area contributed by atoms with Crippen LogP contribution in [0.4, 0.5) is 11.4 Å². The fourth-order valence-electron chi connectivity index (χ4n) is 4.04. The quantitative estimate of drug-likeness (QED) is 0.213. The van der Waals surface area contributed by atoms with Crippen LogP contribution in [0.3, 0.4) is 0 Å². The molecule has 0 aliphatic rings. The Hall–Kier alpha value is -5.25. The number of ketones is 1. The van der Waals surface area contributed by atoms with Gasteiger partial charge in [0.25, 0.3) is 11.7 Å². The Kier molecular flexibility index (Phi) is 8.39. The third-order valence-electron chi connectivity index (χ3n) is 5.92. The molecule has 1 aromatic heterocycles. The number of rotatable bonds is 9. The number of hydrogen-bond acceptors (Lipinski definition) is 7. The van der Waals surface area contributed by atoms with Gasteiger partial charge in [0, 0.05) is 28.5 Å². The summed E-state index contributed by atoms with van der Waals surface area (Å²) in [6.45, 7) is 3.59. The van der Waals surface area contributed by atoms with Gasteiger partial charge in [-0.3, -0.25) is 19.2 Å². The van der Waals surface area contributed by atoms with Crippen LogP contribution in [0, 0.1) is 0 Å². The Labute approximate surface area is 230 Å². The van der Waals surface area contributed by atoms with Gasteiger partial charge in [-0.25, -0.2) is 4.98 Å². The predicted octanol–water partition coefficient (Wildman–Crippen LogP) is 4.25. The molecule has 0 fully saturated rings. The van der Waals surface area contributed by atoms with Crippen LogP contribution in [0.5, 0.6) is 5.75 Å². The van der Waals surface area contributed by atoms with Crippen molar-refractivity contribution >= 4 is 34.9 Å². The maximum absolute atomic E-state index is 12.7. The van der Waals surface area contributed by atoms with E-state index >= 15 is 0 Å². The summed E-state index contributed by atoms with van der Waals surface area (Å²) in [5.41, 5.74) is 1.88. The lowest BCUT2D eigenvalue weighted by molar-refractivity contribution is -0.137. The van der Waals surface area contributed by atoms with Crippen molar-refractivity contribution in [2.24, 2.45) is 0 Å². The van der Waals surface area contributed by atoms with E-state index in [9.17, 15) is 19.2 Å². The highest BCUT2D eigenvalue weighted by Gasteiger charge is 2.25. The van der Waals surface area contributed by atoms with Gasteiger partial charge in [-0.2, -0.15) is 0 Å². The third kappa shape index (κ3) is 6.98. The zero-order valence-electron chi connectivity index (χ0n) is 22.2. The van der Waals surface area contributed by atoms with Crippen LogP contribution in [0.15, 0.2) is 89.8 Å². The lowest BCUT2D eigenvalue weighted by Crippen LogP contribution is -2.49. The van der Waals surface area contributed by atoms with Crippen LogP contribution < -0.4 is 20.7 Å². The minimum absolute atomic E-state index is 0.306. The van der Waals surface area contributed by atoms with E-state index < -0.39 is 29.0 Å². The molecule has 0 spiro atoms. The van der Waals surface area contributed by atoms with Gasteiger partial charge in [0.2, 0.25) is 0 Å². The van der Waals surface area contributed by atoms with Crippen molar-refractivity contribution in [3.8, 4) is 17.1 Å². The first kappa shape index (κ1) is 27.8. The summed E-state index contributed by atoms with van der Waals surface area (Å²) in [6, 6.07) is 20.1. The van der Waals surface area contributed by atoms with E-state index in [1.807, 2.05) is 0 Å². The zero-order valence-corrected chi connectivity index (χ0v) is 22.2. The Morgan fingerprint density at radius 3 is 2.17 bits per heavy atom. The minimum atomic E-state index is -0.830. The number of nitrogens with zero attached hydrogens (tertiary/aromatic N) is 1. The van der Waals surface area contributed by atoms with Gasteiger partial charge in [0.05, 0.1) is 18.9 Å². The highest BCUT2D eigenvalue weighted by Crippen LogP contribution is 2.32. The molecule has 4 rings (SSSR count). The second kappa shape index (κ2) is 12.1. The fourth-order valence-corrected chi connectivity index (χ4v) is 4.04. The Morgan fingerprint density at radius 1 is 0.850 bits per heavy atom. The van der Waals surface area contributed by atoms with E-state index in [1.165, 1.54) is 13.5 Å². The topological polar surface area (TPSA) is 140 Å². The van der Waals surface area contributed by atoms with E-state index in [0.29, 0.717) is 40.4 Å². The smallest absolute Gasteiger partial charge is 0.313 e. The largest absolute Gasteiger partial charge is 0.496 e. The minimum Gasteiger partial charge on any atom is -0.496 e. The van der Waals surface area contributed by atoms with Gasteiger partial charge < -0.3 is 25.1 Å². The summed E-state index contributed by atoms with van der Waals surface area (Å²) in [5.74, 6) is -2.04. The van der Waals surface area contributed by atoms with E-state index in [1.54, 1.807) is 92.8 Å². The first-order valence-electron chi connectivity index (χ1n) is 12.4. The van der Waals surface area contributed by atoms with Crippen molar-refractivity contribution in [3.05, 3.63) is 96.5 Å². The molecule has 0 unspecified atom stereocenters. The number of ether oxygens (including phenoxy) is 1. The van der Waals surface area contributed by atoms with Crippen molar-refractivity contribution in [1.29, 1.82) is 0 Å². The molecule has 3 aromatic carbocycles. The number of methoxy groups -OCH3 is 1. The summed E-state index contributed by atoms with van der Waals surface area (Å²) in [6.07, 6.45) is 3.25. The first-order valence-corrected chi connectivity index (χ1v) is 12.4. The van der Waals surface area contributed by atoms with Crippen LogP contribution in [0.2, 0.25) is 0 Å². The van der Waals surface area contributed by atoms with Crippen molar-refractivity contribution in [1.82, 2.24) is 10.3 Å². The summed E-state index contributed by atoms with van der Waals surface area (Å²) in [7, 11) is 1.49. The summed E-state index contributed by atoms with van der Waals surface area (Å²) in [4.78, 5) is 53.7. The highest BCUT2D eigenvalue weighted by atomic mass is 16.5. The van der Waals surface area contributed by atoms with Crippen LogP contribution in [0.25, 0.3) is 11.3 Å². The monoisotopic (exact) mass is 540 g/mol. The molecule has 10 nitrogen and oxygen atoms in total. The van der Waals surface area contributed by atoms with Crippen LogP contribution in [-0.2, 0) is 20.8 Å². The van der Waals surface area contributed by atoms with E-state index in [4.69, 9.17) is 9.15 Å². The van der Waals surface area contributed by atoms with Gasteiger partial charge in [0.15, 0.2) is 12.2 Å². The number of carbonyl (C=O) groups excluding carboxylic acids is 4. The molecule has 10 heteroatoms. The number of amides is 3. The molecule has 0 radical (unpaired) electrons. The van der Waals surface area contributed by atoms with Crippen LogP contribution in [-0.4, -0.2) is 41.1 Å². The lowest BCUT2D eigenvalue weighted by Gasteiger charge is -2.26. The van der Waals surface area contributed by atoms with Gasteiger partial charge in [0.1, 0.15) is 5.75 Å². The number of nitrogens with one attached hydrogen (secondary N) is 3. The molecule has 0 atom stereocenters. The van der Waals surface area contributed by atoms with Gasteiger partial charge in [-0.15, -0.1) is 0 Å². The molecule has 204 valence electrons. The number of benzene rings is 3. The van der Waals surface area contributed by atoms with Crippen molar-refractivity contribution in [2.75, 3.05) is 17.7 Å². The van der Waals surface area contributed by atoms with Crippen LogP contribution in [0.1, 0.15) is 29.8 Å². The molecule has 1 heterocycles. The molecule has 0 saturated heterocycles. The van der Waals surface area contributed by atoms with Crippen molar-refractivity contribution in [2.45, 2.75) is 25.8 Å². The molecule has 0 bridgehead atoms. The summed E-state index contributed by atoms with van der Waals surface area (Å²) < 4.78 is 10.7. The standard InChI is InChI=1S/C30H28N4O6/c1-30(2,16-19-9-11-21(12-10-19)32-27(36)26(35)20-7-5-4-6-8-20)34-29(38)28(37)33-22-13-14-23(24(15-22)39-3)25-17-31-18-40-25/h4-15,17-18H,16H2,1-3H3,(H,32,36)(H,33,37)(H,34,38). The number of aromatic nitrogens is 1. The molecule has 0 aliphatic heterocycles. The molecule has 0 saturated carbocycles. The van der Waals surface area contributed by atoms with Crippen molar-refractivity contribution in [3.63, 3.8) is 0 Å². The Bertz CT molecular complexity index is 1510. The maximum atomic E-state index is 12.7. The molecular formula is C30H28N4O6. The Morgan fingerprint density at radius 2 is 1.52 bits per heavy atom. The number of hydrogen-bond donors (Lipinski definition) is 3. The lowest BCUT2D eigenvalue weighted by atomic mass is 9.94. The first-order chi connectivity index (χ1) is 19.1. The van der Waals surface area contributed by atoms with E-state index in [0.717, 1.165) is 5.56 Å². The molecule has 40 heavy (non-hydrogen) atoms. The summed E-state index contributed by atoms with van der Waals surface area (Å²) >= 11 is 0. The summed E-state index contributed by atoms with van der Waals surface area (Å²) in [5, 5.41) is 7.92. The van der Waals surface area contributed by atoms with Gasteiger partial charge >= 0.3 is 11.8 Å². The predicted molar refractivity (Wildman–Crippen MR) is 149 cm³/mol. The second-order valence-electron chi connectivity index (χ2n) is 9.60. The van der Waals surface area contributed by atoms with Crippen molar-refractivity contribution < 1.29 is 28.3 Å². The highest BCUT2D eigenvalue weighted by molar-refractivity contribution is 6.46. The SMILES string of the molecule is COc1cc(NC(=O)C(=O)NC(C)(C)Cc2ccc(NC(=O)C(=O)c3ccccc3)cc2)ccc1-c1cnco1. The molecular weight excluding hydrogens is 512 g/mol. The fraction of sp³-hybridized carbons (Fsp3) is 0.167. The molecule has 4 aromatic rings. The van der Waals surface area contributed by atoms with Crippen LogP contribution >= 0.6 is 0 Å². The normalized spacial score (nSPS) is 10.9. The van der Waals surface area contributed by atoms with Gasteiger partial charge in [-0.1, -0.05) is 42.5 Å². The number of oxazole rings is 1. The Balaban J connectivity index is 1.32. The average molecular weight is 541 g/mol. The average Bonchev–Trinajstić information content (AvgIpc) is 3.48. The number of anilines is 2. The maximum Gasteiger partial charge on any atom is 0.313 e. The third-order valence-corrected chi connectivity index (χ3v) is 5.92. The second-order valence-corrected chi connectivity index (χ2v) is 9.60. The van der Waals surface area contributed by atoms with E-state index in [-0.39, 0.29) is 0 Å². The zero-order chi connectivity index (χ0) is 28.7. The molecule has 0 aliphatic carbocycles. The number of Topliss-reactive ketones (excluding diaryl/α,β-unsaturated/α-hetero) is 1.